The van der Waals surface area contributed by atoms with Gasteiger partial charge in [0.2, 0.25) is 5.78 Å². The van der Waals surface area contributed by atoms with Crippen LogP contribution in [0.2, 0.25) is 5.15 Å². The van der Waals surface area contributed by atoms with Gasteiger partial charge in [-0.15, -0.1) is 0 Å². The number of carbonyl (C=O) groups is 2. The zero-order chi connectivity index (χ0) is 14.3. The maximum atomic E-state index is 12.2. The second-order valence-electron chi connectivity index (χ2n) is 3.38. The van der Waals surface area contributed by atoms with Crippen molar-refractivity contribution in [3.8, 4) is 0 Å². The predicted octanol–water partition coefficient (Wildman–Crippen LogP) is 2.40. The number of hydrogen-bond donors (Lipinski definition) is 0. The maximum absolute atomic E-state index is 12.2. The lowest BCUT2D eigenvalue weighted by Crippen LogP contribution is -2.17. The van der Waals surface area contributed by atoms with Crippen LogP contribution in [0.1, 0.15) is 24.2 Å². The number of hydrogen-bond acceptors (Lipinski definition) is 5. The summed E-state index contributed by atoms with van der Waals surface area (Å²) >= 11 is 5.83. The third-order valence-electron chi connectivity index (χ3n) is 2.11. The second kappa shape index (κ2) is 7.53. The molecule has 0 saturated carbocycles. The van der Waals surface area contributed by atoms with Crippen LogP contribution in [0, 0.1) is 0 Å². The third kappa shape index (κ3) is 4.06. The van der Waals surface area contributed by atoms with Gasteiger partial charge in [0.05, 0.1) is 18.8 Å². The molecule has 0 aromatic carbocycles. The van der Waals surface area contributed by atoms with Crippen LogP contribution in [-0.4, -0.2) is 30.0 Å². The van der Waals surface area contributed by atoms with Gasteiger partial charge in [-0.3, -0.25) is 4.79 Å². The van der Waals surface area contributed by atoms with E-state index in [2.05, 4.69) is 4.98 Å². The van der Waals surface area contributed by atoms with Crippen molar-refractivity contribution in [2.45, 2.75) is 13.8 Å². The quantitative estimate of drug-likeness (QED) is 0.153. The molecule has 0 aliphatic rings. The number of aromatic nitrogens is 1. The number of pyridine rings is 1. The van der Waals surface area contributed by atoms with Gasteiger partial charge in [-0.2, -0.15) is 0 Å². The molecule has 0 amide bonds. The van der Waals surface area contributed by atoms with E-state index in [0.717, 1.165) is 6.26 Å². The van der Waals surface area contributed by atoms with E-state index in [0.29, 0.717) is 6.61 Å². The Bertz CT molecular complexity index is 499. The molecule has 0 unspecified atom stereocenters. The topological polar surface area (TPSA) is 65.5 Å². The minimum atomic E-state index is -0.749. The molecule has 102 valence electrons. The maximum Gasteiger partial charge on any atom is 0.345 e. The normalized spacial score (nSPS) is 11.0. The number of nitrogens with zero attached hydrogens (tertiary/aromatic N) is 1. The van der Waals surface area contributed by atoms with Crippen LogP contribution in [0.25, 0.3) is 0 Å². The van der Waals surface area contributed by atoms with Crippen molar-refractivity contribution in [2.75, 3.05) is 13.2 Å². The van der Waals surface area contributed by atoms with E-state index < -0.39 is 11.8 Å². The number of ketones is 1. The van der Waals surface area contributed by atoms with Crippen molar-refractivity contribution in [2.24, 2.45) is 0 Å². The summed E-state index contributed by atoms with van der Waals surface area (Å²) in [6.07, 6.45) is 2.54. The van der Waals surface area contributed by atoms with Crippen LogP contribution < -0.4 is 0 Å². The van der Waals surface area contributed by atoms with Crippen molar-refractivity contribution in [3.05, 3.63) is 40.9 Å². The molecular formula is C13H14ClNO4. The summed E-state index contributed by atoms with van der Waals surface area (Å²) in [7, 11) is 0. The molecule has 0 bridgehead atoms. The Labute approximate surface area is 116 Å². The molecule has 0 N–H and O–H groups in total. The van der Waals surface area contributed by atoms with Gasteiger partial charge in [0.15, 0.2) is 0 Å². The summed E-state index contributed by atoms with van der Waals surface area (Å²) in [6.45, 7) is 3.88. The molecule has 0 radical (unpaired) electrons. The lowest BCUT2D eigenvalue weighted by atomic mass is 10.1. The molecule has 0 atom stereocenters. The molecule has 1 rings (SSSR count). The molecular weight excluding hydrogens is 270 g/mol. The van der Waals surface area contributed by atoms with E-state index in [1.807, 2.05) is 0 Å². The zero-order valence-electron chi connectivity index (χ0n) is 10.7. The van der Waals surface area contributed by atoms with Crippen LogP contribution in [0.4, 0.5) is 0 Å². The first-order valence-corrected chi connectivity index (χ1v) is 6.13. The number of ether oxygens (including phenoxy) is 2. The van der Waals surface area contributed by atoms with Crippen LogP contribution in [0.15, 0.2) is 30.2 Å². The fourth-order valence-corrected chi connectivity index (χ4v) is 1.48. The Morgan fingerprint density at radius 2 is 2.11 bits per heavy atom. The molecule has 1 aromatic heterocycles. The lowest BCUT2D eigenvalue weighted by molar-refractivity contribution is -0.138. The SMILES string of the molecule is CCOC=C(C(=O)OCC)C(=O)c1cccnc1Cl. The molecule has 0 aliphatic carbocycles. The van der Waals surface area contributed by atoms with Gasteiger partial charge in [-0.25, -0.2) is 9.78 Å². The molecule has 1 heterocycles. The zero-order valence-corrected chi connectivity index (χ0v) is 11.4. The van der Waals surface area contributed by atoms with Crippen molar-refractivity contribution in [3.63, 3.8) is 0 Å². The Hall–Kier alpha value is -1.88. The van der Waals surface area contributed by atoms with Gasteiger partial charge in [0, 0.05) is 6.20 Å². The first-order chi connectivity index (χ1) is 9.11. The number of carbonyl (C=O) groups excluding carboxylic acids is 2. The van der Waals surface area contributed by atoms with E-state index in [9.17, 15) is 9.59 Å². The van der Waals surface area contributed by atoms with Crippen LogP contribution in [-0.2, 0) is 14.3 Å². The van der Waals surface area contributed by atoms with Crippen LogP contribution in [0.5, 0.6) is 0 Å². The molecule has 0 fully saturated rings. The van der Waals surface area contributed by atoms with Crippen LogP contribution in [0.3, 0.4) is 0 Å². The van der Waals surface area contributed by atoms with E-state index in [4.69, 9.17) is 21.1 Å². The van der Waals surface area contributed by atoms with E-state index in [-0.39, 0.29) is 22.9 Å². The highest BCUT2D eigenvalue weighted by Gasteiger charge is 2.24. The van der Waals surface area contributed by atoms with Crippen molar-refractivity contribution in [1.82, 2.24) is 4.98 Å². The van der Waals surface area contributed by atoms with Gasteiger partial charge in [0.25, 0.3) is 0 Å². The molecule has 5 nitrogen and oxygen atoms in total. The Morgan fingerprint density at radius 1 is 1.37 bits per heavy atom. The highest BCUT2D eigenvalue weighted by molar-refractivity contribution is 6.35. The van der Waals surface area contributed by atoms with Gasteiger partial charge in [-0.1, -0.05) is 11.6 Å². The smallest absolute Gasteiger partial charge is 0.345 e. The number of halogens is 1. The largest absolute Gasteiger partial charge is 0.500 e. The Balaban J connectivity index is 3.08. The average molecular weight is 284 g/mol. The number of esters is 1. The summed E-state index contributed by atoms with van der Waals surface area (Å²) < 4.78 is 9.81. The van der Waals surface area contributed by atoms with E-state index >= 15 is 0 Å². The van der Waals surface area contributed by atoms with Gasteiger partial charge in [0.1, 0.15) is 17.0 Å². The highest BCUT2D eigenvalue weighted by Crippen LogP contribution is 2.17. The number of Topliss-reactive ketones (excluding diaryl/α,β-unsaturated/α-hetero) is 1. The Morgan fingerprint density at radius 3 is 2.68 bits per heavy atom. The first kappa shape index (κ1) is 15.2. The van der Waals surface area contributed by atoms with Gasteiger partial charge >= 0.3 is 5.97 Å². The standard InChI is InChI=1S/C13H14ClNO4/c1-3-18-8-10(13(17)19-4-2)11(16)9-6-5-7-15-12(9)14/h5-8H,3-4H2,1-2H3. The molecule has 0 aliphatic heterocycles. The first-order valence-electron chi connectivity index (χ1n) is 5.75. The summed E-state index contributed by atoms with van der Waals surface area (Å²) in [4.78, 5) is 27.7. The fraction of sp³-hybridized carbons (Fsp3) is 0.308. The van der Waals surface area contributed by atoms with Gasteiger partial charge < -0.3 is 9.47 Å². The molecule has 0 saturated heterocycles. The number of rotatable bonds is 6. The molecule has 6 heteroatoms. The average Bonchev–Trinajstić information content (AvgIpc) is 2.39. The van der Waals surface area contributed by atoms with Crippen LogP contribution >= 0.6 is 11.6 Å². The molecule has 19 heavy (non-hydrogen) atoms. The summed E-state index contributed by atoms with van der Waals surface area (Å²) in [5, 5.41) is 0.0270. The van der Waals surface area contributed by atoms with E-state index in [1.54, 1.807) is 19.9 Å². The third-order valence-corrected chi connectivity index (χ3v) is 2.41. The van der Waals surface area contributed by atoms with Crippen molar-refractivity contribution in [1.29, 1.82) is 0 Å². The lowest BCUT2D eigenvalue weighted by Gasteiger charge is -2.07. The van der Waals surface area contributed by atoms with Gasteiger partial charge in [-0.05, 0) is 26.0 Å². The van der Waals surface area contributed by atoms with Crippen molar-refractivity contribution < 1.29 is 19.1 Å². The Kier molecular flexibility index (Phi) is 6.02. The second-order valence-corrected chi connectivity index (χ2v) is 3.74. The summed E-state index contributed by atoms with van der Waals surface area (Å²) in [5.41, 5.74) is -0.0817. The molecule has 1 aromatic rings. The predicted molar refractivity (Wildman–Crippen MR) is 69.9 cm³/mol. The molecule has 0 spiro atoms. The van der Waals surface area contributed by atoms with E-state index in [1.165, 1.54) is 12.3 Å². The highest BCUT2D eigenvalue weighted by atomic mass is 35.5. The summed E-state index contributed by atoms with van der Waals surface area (Å²) in [6, 6.07) is 3.04. The summed E-state index contributed by atoms with van der Waals surface area (Å²) in [5.74, 6) is -1.33. The monoisotopic (exact) mass is 283 g/mol. The van der Waals surface area contributed by atoms with Crippen molar-refractivity contribution >= 4 is 23.4 Å². The fourth-order valence-electron chi connectivity index (χ4n) is 1.27. The minimum absolute atomic E-state index is 0.0270. The minimum Gasteiger partial charge on any atom is -0.500 e.